The molecule has 0 aromatic heterocycles. The van der Waals surface area contributed by atoms with Crippen LogP contribution in [0.2, 0.25) is 0 Å². The van der Waals surface area contributed by atoms with Crippen molar-refractivity contribution in [2.45, 2.75) is 270 Å². The third-order valence-corrected chi connectivity index (χ3v) is 13.3. The number of hydrogen-bond acceptors (Lipinski definition) is 5. The molecule has 0 aromatic carbocycles. The van der Waals surface area contributed by atoms with E-state index in [4.69, 9.17) is 9.05 Å². The van der Waals surface area contributed by atoms with E-state index in [2.05, 4.69) is 43.5 Å². The number of hydrogen-bond donors (Lipinski definition) is 3. The van der Waals surface area contributed by atoms with Gasteiger partial charge in [-0.3, -0.25) is 13.8 Å². The van der Waals surface area contributed by atoms with Gasteiger partial charge in [0.25, 0.3) is 0 Å². The fourth-order valence-electron chi connectivity index (χ4n) is 7.99. The number of nitrogens with one attached hydrogen (secondary N) is 1. The average molecular weight is 924 g/mol. The molecule has 9 heteroatoms. The van der Waals surface area contributed by atoms with Gasteiger partial charge < -0.3 is 19.8 Å². The quantitative estimate of drug-likeness (QED) is 0.0243. The number of likely N-dealkylation sites (N-methyl/N-ethyl adjacent to an activating group) is 1. The van der Waals surface area contributed by atoms with Gasteiger partial charge in [-0.2, -0.15) is 0 Å². The number of quaternary nitrogens is 1. The van der Waals surface area contributed by atoms with E-state index < -0.39 is 20.0 Å². The van der Waals surface area contributed by atoms with Crippen LogP contribution in [0.25, 0.3) is 0 Å². The average Bonchev–Trinajstić information content (AvgIpc) is 3.25. The second-order valence-corrected chi connectivity index (χ2v) is 21.4. The van der Waals surface area contributed by atoms with Crippen LogP contribution < -0.4 is 5.32 Å². The summed E-state index contributed by atoms with van der Waals surface area (Å²) in [6.45, 7) is 4.80. The van der Waals surface area contributed by atoms with Crippen LogP contribution in [0.1, 0.15) is 258 Å². The summed E-state index contributed by atoms with van der Waals surface area (Å²) in [5.41, 5.74) is 0. The van der Waals surface area contributed by atoms with Crippen LogP contribution >= 0.6 is 7.82 Å². The lowest BCUT2D eigenvalue weighted by Gasteiger charge is -2.25. The van der Waals surface area contributed by atoms with Crippen LogP contribution in [0, 0.1) is 0 Å². The lowest BCUT2D eigenvalue weighted by Crippen LogP contribution is -2.45. The van der Waals surface area contributed by atoms with Crippen molar-refractivity contribution in [3.8, 4) is 0 Å². The highest BCUT2D eigenvalue weighted by Gasteiger charge is 2.27. The molecule has 0 saturated carbocycles. The van der Waals surface area contributed by atoms with E-state index in [-0.39, 0.29) is 19.1 Å². The maximum Gasteiger partial charge on any atom is 0.472 e. The van der Waals surface area contributed by atoms with Gasteiger partial charge in [-0.05, 0) is 57.8 Å². The standard InChI is InChI=1S/C55H107N2O6P/c1-6-8-10-12-14-16-18-20-21-22-23-24-25-26-27-28-29-30-31-32-33-34-35-37-39-41-43-45-47-49-55(59)56-53(52-63-64(60,61)62-51-50-57(3,4)5)54(58)48-46-44-42-40-38-36-19-17-15-13-11-9-7-2/h22-23,38,40,46,48,53-54,58H,6-21,24-37,39,41-45,47,49-52H2,1-5H3,(H-,56,59,60,61)/p+1/b23-22-,40-38+,48-46+. The maximum absolute atomic E-state index is 12.9. The first-order valence-electron chi connectivity index (χ1n) is 27.4. The topological polar surface area (TPSA) is 105 Å². The number of aliphatic hydroxyl groups is 1. The fraction of sp³-hybridized carbons (Fsp3) is 0.873. The predicted octanol–water partition coefficient (Wildman–Crippen LogP) is 16.2. The highest BCUT2D eigenvalue weighted by Crippen LogP contribution is 2.43. The summed E-state index contributed by atoms with van der Waals surface area (Å²) in [5, 5.41) is 13.8. The molecule has 0 aliphatic carbocycles. The molecule has 0 saturated heterocycles. The predicted molar refractivity (Wildman–Crippen MR) is 277 cm³/mol. The summed E-state index contributed by atoms with van der Waals surface area (Å²) < 4.78 is 23.6. The van der Waals surface area contributed by atoms with Crippen molar-refractivity contribution < 1.29 is 32.9 Å². The number of nitrogens with zero attached hydrogens (tertiary/aromatic N) is 1. The van der Waals surface area contributed by atoms with E-state index in [1.54, 1.807) is 6.08 Å². The number of amides is 1. The molecule has 0 heterocycles. The monoisotopic (exact) mass is 924 g/mol. The molecule has 1 amide bonds. The molecule has 0 aliphatic rings. The Balaban J connectivity index is 4.10. The molecule has 0 radical (unpaired) electrons. The Morgan fingerprint density at radius 3 is 1.25 bits per heavy atom. The lowest BCUT2D eigenvalue weighted by atomic mass is 10.0. The van der Waals surface area contributed by atoms with Crippen LogP contribution in [0.4, 0.5) is 0 Å². The summed E-state index contributed by atoms with van der Waals surface area (Å²) in [4.78, 5) is 23.2. The van der Waals surface area contributed by atoms with Crippen molar-refractivity contribution in [2.24, 2.45) is 0 Å². The van der Waals surface area contributed by atoms with Crippen LogP contribution in [0.15, 0.2) is 36.5 Å². The number of allylic oxidation sites excluding steroid dienone is 5. The second-order valence-electron chi connectivity index (χ2n) is 19.9. The minimum atomic E-state index is -4.35. The zero-order valence-corrected chi connectivity index (χ0v) is 43.9. The molecule has 64 heavy (non-hydrogen) atoms. The molecule has 378 valence electrons. The largest absolute Gasteiger partial charge is 0.472 e. The maximum atomic E-state index is 12.9. The van der Waals surface area contributed by atoms with Gasteiger partial charge in [0, 0.05) is 6.42 Å². The van der Waals surface area contributed by atoms with Crippen LogP contribution in [0.3, 0.4) is 0 Å². The first-order valence-corrected chi connectivity index (χ1v) is 28.9. The van der Waals surface area contributed by atoms with E-state index in [1.165, 1.54) is 199 Å². The molecule has 0 rings (SSSR count). The molecule has 8 nitrogen and oxygen atoms in total. The summed E-state index contributed by atoms with van der Waals surface area (Å²) >= 11 is 0. The van der Waals surface area contributed by atoms with E-state index in [0.29, 0.717) is 17.4 Å². The van der Waals surface area contributed by atoms with Gasteiger partial charge in [0.2, 0.25) is 5.91 Å². The number of phosphoric acid groups is 1. The first-order chi connectivity index (χ1) is 31.0. The third kappa shape index (κ3) is 48.6. The van der Waals surface area contributed by atoms with Crippen molar-refractivity contribution in [2.75, 3.05) is 40.9 Å². The Morgan fingerprint density at radius 1 is 0.516 bits per heavy atom. The van der Waals surface area contributed by atoms with Gasteiger partial charge in [0.05, 0.1) is 39.9 Å². The Bertz CT molecular complexity index is 1140. The first kappa shape index (κ1) is 62.7. The zero-order chi connectivity index (χ0) is 47.1. The van der Waals surface area contributed by atoms with Gasteiger partial charge >= 0.3 is 7.82 Å². The number of unbranched alkanes of at least 4 members (excludes halogenated alkanes) is 33. The molecular formula is C55H108N2O6P+. The van der Waals surface area contributed by atoms with Crippen molar-refractivity contribution in [1.82, 2.24) is 5.32 Å². The molecule has 0 fully saturated rings. The van der Waals surface area contributed by atoms with Crippen molar-refractivity contribution >= 4 is 13.7 Å². The lowest BCUT2D eigenvalue weighted by molar-refractivity contribution is -0.870. The number of carbonyl (C=O) groups excluding carboxylic acids is 1. The summed E-state index contributed by atoms with van der Waals surface area (Å²) in [6, 6.07) is -0.860. The van der Waals surface area contributed by atoms with Crippen LogP contribution in [-0.2, 0) is 18.4 Å². The number of rotatable bonds is 50. The normalized spacial score (nSPS) is 14.3. The van der Waals surface area contributed by atoms with E-state index >= 15 is 0 Å². The van der Waals surface area contributed by atoms with Crippen LogP contribution in [-0.4, -0.2) is 73.4 Å². The summed E-state index contributed by atoms with van der Waals surface area (Å²) in [7, 11) is 1.56. The van der Waals surface area contributed by atoms with Gasteiger partial charge in [0.15, 0.2) is 0 Å². The second kappa shape index (κ2) is 46.8. The summed E-state index contributed by atoms with van der Waals surface area (Å²) in [5.74, 6) is -0.184. The van der Waals surface area contributed by atoms with E-state index in [1.807, 2.05) is 27.2 Å². The van der Waals surface area contributed by atoms with Crippen molar-refractivity contribution in [3.05, 3.63) is 36.5 Å². The van der Waals surface area contributed by atoms with Crippen molar-refractivity contribution in [1.29, 1.82) is 0 Å². The third-order valence-electron chi connectivity index (χ3n) is 12.3. The molecule has 3 N–H and O–H groups in total. The molecule has 0 aliphatic heterocycles. The smallest absolute Gasteiger partial charge is 0.387 e. The molecule has 3 unspecified atom stereocenters. The van der Waals surface area contributed by atoms with Gasteiger partial charge in [-0.25, -0.2) is 4.57 Å². The van der Waals surface area contributed by atoms with E-state index in [0.717, 1.165) is 38.5 Å². The molecule has 0 aromatic rings. The molecule has 0 spiro atoms. The molecular weight excluding hydrogens is 816 g/mol. The van der Waals surface area contributed by atoms with Gasteiger partial charge in [-0.15, -0.1) is 0 Å². The van der Waals surface area contributed by atoms with Crippen molar-refractivity contribution in [3.63, 3.8) is 0 Å². The number of phosphoric ester groups is 1. The Morgan fingerprint density at radius 2 is 0.859 bits per heavy atom. The molecule has 0 bridgehead atoms. The highest BCUT2D eigenvalue weighted by atomic mass is 31.2. The Hall–Kier alpha value is -1.28. The highest BCUT2D eigenvalue weighted by molar-refractivity contribution is 7.47. The van der Waals surface area contributed by atoms with Crippen LogP contribution in [0.5, 0.6) is 0 Å². The number of aliphatic hydroxyl groups excluding tert-OH is 1. The summed E-state index contributed by atoms with van der Waals surface area (Å²) in [6.07, 6.45) is 59.7. The SMILES string of the molecule is CCCCCCCCC/C=C/CC/C=C/C(O)C(COP(=O)(O)OCC[N+](C)(C)C)NC(=O)CCCCCCCCCCCCCCCCCCC/C=C\CCCCCCCCCC. The molecule has 3 atom stereocenters. The Kier molecular flexibility index (Phi) is 45.9. The Labute approximate surface area is 397 Å². The minimum Gasteiger partial charge on any atom is -0.387 e. The van der Waals surface area contributed by atoms with Gasteiger partial charge in [-0.1, -0.05) is 230 Å². The van der Waals surface area contributed by atoms with Gasteiger partial charge in [0.1, 0.15) is 13.2 Å². The zero-order valence-electron chi connectivity index (χ0n) is 43.0. The number of carbonyl (C=O) groups is 1. The van der Waals surface area contributed by atoms with E-state index in [9.17, 15) is 19.4 Å². The fourth-order valence-corrected chi connectivity index (χ4v) is 8.73. The minimum absolute atomic E-state index is 0.0572.